The molecule has 84 valence electrons. The Kier molecular flexibility index (Phi) is 2.95. The lowest BCUT2D eigenvalue weighted by molar-refractivity contribution is 0.419. The second-order valence-electron chi connectivity index (χ2n) is 3.72. The van der Waals surface area contributed by atoms with Gasteiger partial charge in [0.1, 0.15) is 17.1 Å². The summed E-state index contributed by atoms with van der Waals surface area (Å²) < 4.78 is 5.31. The lowest BCUT2D eigenvalue weighted by Gasteiger charge is -2.10. The number of fused-ring (bicyclic) bond motifs is 1. The quantitative estimate of drug-likeness (QED) is 0.856. The van der Waals surface area contributed by atoms with Gasteiger partial charge in [-0.25, -0.2) is 4.98 Å². The molecule has 16 heavy (non-hydrogen) atoms. The lowest BCUT2D eigenvalue weighted by Crippen LogP contribution is -2.02. The Labute approximate surface area is 95.5 Å². The third-order valence-corrected chi connectivity index (χ3v) is 2.56. The molecule has 2 rings (SSSR count). The average molecular weight is 216 g/mol. The van der Waals surface area contributed by atoms with Gasteiger partial charge in [-0.2, -0.15) is 0 Å². The molecule has 0 amide bonds. The van der Waals surface area contributed by atoms with Gasteiger partial charge in [0.05, 0.1) is 7.11 Å². The molecule has 0 saturated heterocycles. The third kappa shape index (κ3) is 1.81. The minimum absolute atomic E-state index is 0.816. The number of hydrogen-bond donors (Lipinski definition) is 1. The van der Waals surface area contributed by atoms with E-state index in [0.717, 1.165) is 34.6 Å². The van der Waals surface area contributed by atoms with Gasteiger partial charge in [0.25, 0.3) is 0 Å². The van der Waals surface area contributed by atoms with Crippen molar-refractivity contribution < 1.29 is 4.74 Å². The molecule has 1 heterocycles. The molecule has 3 heteroatoms. The van der Waals surface area contributed by atoms with Crippen LogP contribution in [0.1, 0.15) is 12.5 Å². The van der Waals surface area contributed by atoms with E-state index in [9.17, 15) is 0 Å². The largest absolute Gasteiger partial charge is 0.494 e. The molecule has 0 aliphatic carbocycles. The van der Waals surface area contributed by atoms with Crippen LogP contribution in [0.3, 0.4) is 0 Å². The highest BCUT2D eigenvalue weighted by Gasteiger charge is 2.06. The van der Waals surface area contributed by atoms with Crippen LogP contribution < -0.4 is 10.1 Å². The number of rotatable bonds is 3. The summed E-state index contributed by atoms with van der Waals surface area (Å²) in [6.07, 6.45) is 0. The van der Waals surface area contributed by atoms with Gasteiger partial charge < -0.3 is 10.1 Å². The van der Waals surface area contributed by atoms with Crippen molar-refractivity contribution in [2.24, 2.45) is 0 Å². The summed E-state index contributed by atoms with van der Waals surface area (Å²) in [5.41, 5.74) is 2.06. The minimum Gasteiger partial charge on any atom is -0.494 e. The number of para-hydroxylation sites is 1. The van der Waals surface area contributed by atoms with E-state index in [0.29, 0.717) is 0 Å². The van der Waals surface area contributed by atoms with Crippen molar-refractivity contribution in [1.82, 2.24) is 4.98 Å². The van der Waals surface area contributed by atoms with E-state index in [1.165, 1.54) is 0 Å². The van der Waals surface area contributed by atoms with Crippen LogP contribution in [-0.4, -0.2) is 18.6 Å². The number of aryl methyl sites for hydroxylation is 1. The predicted octanol–water partition coefficient (Wildman–Crippen LogP) is 2.98. The van der Waals surface area contributed by atoms with E-state index in [2.05, 4.69) is 30.2 Å². The van der Waals surface area contributed by atoms with E-state index in [4.69, 9.17) is 4.74 Å². The summed E-state index contributed by atoms with van der Waals surface area (Å²) in [5, 5.41) is 4.36. The van der Waals surface area contributed by atoms with E-state index < -0.39 is 0 Å². The molecule has 0 saturated carbocycles. The van der Waals surface area contributed by atoms with Gasteiger partial charge in [-0.1, -0.05) is 12.1 Å². The van der Waals surface area contributed by atoms with E-state index in [-0.39, 0.29) is 0 Å². The van der Waals surface area contributed by atoms with Crippen LogP contribution in [0.5, 0.6) is 5.75 Å². The molecule has 0 spiro atoms. The molecule has 1 aromatic carbocycles. The first-order chi connectivity index (χ1) is 7.76. The number of nitrogens with zero attached hydrogens (tertiary/aromatic N) is 1. The second-order valence-corrected chi connectivity index (χ2v) is 3.72. The molecule has 0 unspecified atom stereocenters. The van der Waals surface area contributed by atoms with Crippen molar-refractivity contribution in [3.8, 4) is 5.75 Å². The second kappa shape index (κ2) is 4.39. The molecule has 0 aliphatic rings. The maximum absolute atomic E-state index is 5.31. The molecule has 1 aromatic heterocycles. The first-order valence-electron chi connectivity index (χ1n) is 5.44. The van der Waals surface area contributed by atoms with Gasteiger partial charge in [-0.15, -0.1) is 0 Å². The molecule has 1 N–H and O–H groups in total. The Morgan fingerprint density at radius 3 is 2.88 bits per heavy atom. The first-order valence-corrected chi connectivity index (χ1v) is 5.44. The summed E-state index contributed by atoms with van der Waals surface area (Å²) in [4.78, 5) is 4.60. The summed E-state index contributed by atoms with van der Waals surface area (Å²) in [7, 11) is 1.67. The number of anilines is 1. The molecule has 0 aliphatic heterocycles. The number of hydrogen-bond acceptors (Lipinski definition) is 3. The van der Waals surface area contributed by atoms with Crippen molar-refractivity contribution in [3.63, 3.8) is 0 Å². The Hall–Kier alpha value is -1.77. The summed E-state index contributed by atoms with van der Waals surface area (Å²) in [5.74, 6) is 1.75. The normalized spacial score (nSPS) is 10.4. The Morgan fingerprint density at radius 1 is 1.38 bits per heavy atom. The fourth-order valence-electron chi connectivity index (χ4n) is 1.79. The zero-order valence-electron chi connectivity index (χ0n) is 9.87. The van der Waals surface area contributed by atoms with Gasteiger partial charge in [0.15, 0.2) is 0 Å². The van der Waals surface area contributed by atoms with Crippen molar-refractivity contribution in [2.45, 2.75) is 13.8 Å². The van der Waals surface area contributed by atoms with Crippen LogP contribution >= 0.6 is 0 Å². The first kappa shape index (κ1) is 10.7. The Bertz CT molecular complexity index is 509. The summed E-state index contributed by atoms with van der Waals surface area (Å²) >= 11 is 0. The van der Waals surface area contributed by atoms with Gasteiger partial charge >= 0.3 is 0 Å². The Balaban J connectivity index is 2.65. The smallest absolute Gasteiger partial charge is 0.145 e. The van der Waals surface area contributed by atoms with Gasteiger partial charge in [0, 0.05) is 11.9 Å². The number of aromatic nitrogens is 1. The van der Waals surface area contributed by atoms with E-state index >= 15 is 0 Å². The van der Waals surface area contributed by atoms with Crippen molar-refractivity contribution in [1.29, 1.82) is 0 Å². The molecule has 0 atom stereocenters. The fourth-order valence-corrected chi connectivity index (χ4v) is 1.79. The fraction of sp³-hybridized carbons (Fsp3) is 0.308. The third-order valence-electron chi connectivity index (χ3n) is 2.56. The highest BCUT2D eigenvalue weighted by Crippen LogP contribution is 2.26. The van der Waals surface area contributed by atoms with Crippen LogP contribution in [-0.2, 0) is 0 Å². The van der Waals surface area contributed by atoms with Crippen LogP contribution in [0.25, 0.3) is 10.9 Å². The van der Waals surface area contributed by atoms with Crippen LogP contribution in [0.2, 0.25) is 0 Å². The number of pyridine rings is 1. The van der Waals surface area contributed by atoms with Gasteiger partial charge in [-0.3, -0.25) is 0 Å². The number of nitrogens with one attached hydrogen (secondary N) is 1. The minimum atomic E-state index is 0.816. The molecular formula is C13H16N2O. The highest BCUT2D eigenvalue weighted by atomic mass is 16.5. The van der Waals surface area contributed by atoms with Crippen LogP contribution in [0.4, 0.5) is 5.82 Å². The van der Waals surface area contributed by atoms with Crippen molar-refractivity contribution >= 4 is 16.7 Å². The zero-order valence-corrected chi connectivity index (χ0v) is 9.87. The maximum Gasteiger partial charge on any atom is 0.145 e. The highest BCUT2D eigenvalue weighted by molar-refractivity contribution is 5.86. The maximum atomic E-state index is 5.31. The SMILES string of the molecule is CCNc1nc2c(OC)cccc2cc1C. The summed E-state index contributed by atoms with van der Waals surface area (Å²) in [6.45, 7) is 4.99. The molecular weight excluding hydrogens is 200 g/mol. The van der Waals surface area contributed by atoms with E-state index in [1.807, 2.05) is 18.2 Å². The molecule has 2 aromatic rings. The van der Waals surface area contributed by atoms with Gasteiger partial charge in [-0.05, 0) is 31.5 Å². The van der Waals surface area contributed by atoms with E-state index in [1.54, 1.807) is 7.11 Å². The standard InChI is InChI=1S/C13H16N2O/c1-4-14-13-9(2)8-10-6-5-7-11(16-3)12(10)15-13/h5-8H,4H2,1-3H3,(H,14,15). The average Bonchev–Trinajstić information content (AvgIpc) is 2.29. The predicted molar refractivity (Wildman–Crippen MR) is 67.2 cm³/mol. The Morgan fingerprint density at radius 2 is 2.19 bits per heavy atom. The lowest BCUT2D eigenvalue weighted by atomic mass is 10.1. The summed E-state index contributed by atoms with van der Waals surface area (Å²) in [6, 6.07) is 8.09. The number of benzene rings is 1. The van der Waals surface area contributed by atoms with Crippen molar-refractivity contribution in [2.75, 3.05) is 19.0 Å². The van der Waals surface area contributed by atoms with Crippen LogP contribution in [0, 0.1) is 6.92 Å². The molecule has 0 radical (unpaired) electrons. The monoisotopic (exact) mass is 216 g/mol. The van der Waals surface area contributed by atoms with Crippen LogP contribution in [0.15, 0.2) is 24.3 Å². The molecule has 3 nitrogen and oxygen atoms in total. The van der Waals surface area contributed by atoms with Crippen molar-refractivity contribution in [3.05, 3.63) is 29.8 Å². The topological polar surface area (TPSA) is 34.2 Å². The molecule has 0 bridgehead atoms. The number of methoxy groups -OCH3 is 1. The molecule has 0 fully saturated rings. The zero-order chi connectivity index (χ0) is 11.5. The van der Waals surface area contributed by atoms with Gasteiger partial charge in [0.2, 0.25) is 0 Å². The number of ether oxygens (including phenoxy) is 1.